The molecule has 1 aliphatic carbocycles. The normalized spacial score (nSPS) is 12.0. The van der Waals surface area contributed by atoms with E-state index in [1.165, 1.54) is 16.2 Å². The third kappa shape index (κ3) is 5.73. The quantitative estimate of drug-likeness (QED) is 0.200. The van der Waals surface area contributed by atoms with Gasteiger partial charge in [0.15, 0.2) is 5.13 Å². The molecule has 0 saturated heterocycles. The number of hydrogen-bond acceptors (Lipinski definition) is 6. The second-order valence-electron chi connectivity index (χ2n) is 10.0. The van der Waals surface area contributed by atoms with Crippen LogP contribution in [-0.4, -0.2) is 46.1 Å². The third-order valence-electron chi connectivity index (χ3n) is 7.29. The first-order valence-corrected chi connectivity index (χ1v) is 14.4. The molecule has 0 bridgehead atoms. The van der Waals surface area contributed by atoms with Gasteiger partial charge in [0.05, 0.1) is 16.6 Å². The fraction of sp³-hybridized carbons (Fsp3) is 0.152. The van der Waals surface area contributed by atoms with E-state index in [1.54, 1.807) is 18.2 Å². The zero-order valence-corrected chi connectivity index (χ0v) is 23.3. The second-order valence-corrected chi connectivity index (χ2v) is 11.0. The predicted molar refractivity (Wildman–Crippen MR) is 162 cm³/mol. The van der Waals surface area contributed by atoms with Crippen LogP contribution in [0.15, 0.2) is 97.1 Å². The average molecular weight is 578 g/mol. The zero-order chi connectivity index (χ0) is 29.1. The molecule has 0 radical (unpaired) electrons. The first-order chi connectivity index (χ1) is 20.5. The van der Waals surface area contributed by atoms with Gasteiger partial charge in [-0.1, -0.05) is 90.2 Å². The van der Waals surface area contributed by atoms with Crippen LogP contribution in [0.25, 0.3) is 21.3 Å². The van der Waals surface area contributed by atoms with Gasteiger partial charge in [0.25, 0.3) is 5.91 Å². The van der Waals surface area contributed by atoms with Crippen LogP contribution in [0.5, 0.6) is 0 Å². The van der Waals surface area contributed by atoms with Crippen LogP contribution in [0.4, 0.5) is 9.93 Å². The van der Waals surface area contributed by atoms with Crippen LogP contribution < -0.4 is 5.32 Å². The van der Waals surface area contributed by atoms with Crippen molar-refractivity contribution in [2.75, 3.05) is 18.5 Å². The van der Waals surface area contributed by atoms with E-state index in [1.807, 2.05) is 54.6 Å². The minimum Gasteiger partial charge on any atom is -0.481 e. The smallest absolute Gasteiger partial charge is 0.413 e. The number of hydrogen-bond donors (Lipinski definition) is 2. The molecule has 0 aliphatic heterocycles. The Balaban J connectivity index is 1.14. The first kappa shape index (κ1) is 27.2. The molecule has 1 aliphatic rings. The SMILES string of the molecule is O=C(O)CCN(Cc1ccccc1)C(=O)c1ccc2nc(NC(=O)OCC3c4ccccc4-c4ccccc43)sc2c1. The molecule has 9 heteroatoms. The lowest BCUT2D eigenvalue weighted by atomic mass is 9.98. The number of fused-ring (bicyclic) bond motifs is 4. The minimum absolute atomic E-state index is 0.0490. The van der Waals surface area contributed by atoms with Crippen molar-refractivity contribution in [3.8, 4) is 11.1 Å². The van der Waals surface area contributed by atoms with Gasteiger partial charge >= 0.3 is 12.1 Å². The van der Waals surface area contributed by atoms with E-state index in [2.05, 4.69) is 34.6 Å². The molecule has 0 atom stereocenters. The van der Waals surface area contributed by atoms with Crippen molar-refractivity contribution < 1.29 is 24.2 Å². The van der Waals surface area contributed by atoms with Gasteiger partial charge in [-0.25, -0.2) is 9.78 Å². The van der Waals surface area contributed by atoms with Crippen molar-refractivity contribution in [3.05, 3.63) is 119 Å². The Morgan fingerprint density at radius 2 is 1.55 bits per heavy atom. The zero-order valence-electron chi connectivity index (χ0n) is 22.5. The lowest BCUT2D eigenvalue weighted by Gasteiger charge is -2.22. The molecule has 1 aromatic heterocycles. The third-order valence-corrected chi connectivity index (χ3v) is 8.22. The molecule has 8 nitrogen and oxygen atoms in total. The van der Waals surface area contributed by atoms with Gasteiger partial charge in [0, 0.05) is 24.6 Å². The molecule has 42 heavy (non-hydrogen) atoms. The van der Waals surface area contributed by atoms with Gasteiger partial charge in [0.2, 0.25) is 0 Å². The molecule has 2 N–H and O–H groups in total. The molecular formula is C33H27N3O5S. The maximum atomic E-state index is 13.4. The standard InChI is InChI=1S/C33H27N3O5S/c37-30(38)16-17-36(19-21-8-2-1-3-9-21)31(39)22-14-15-28-29(18-22)42-32(34-28)35-33(40)41-20-27-25-12-6-4-10-23(25)24-11-5-7-13-26(24)27/h1-15,18,27H,16-17,19-20H2,(H,37,38)(H,34,35,40). The Bertz CT molecular complexity index is 1740. The van der Waals surface area contributed by atoms with Crippen molar-refractivity contribution in [3.63, 3.8) is 0 Å². The molecule has 4 aromatic carbocycles. The Kier molecular flexibility index (Phi) is 7.66. The molecule has 1 heterocycles. The maximum Gasteiger partial charge on any atom is 0.413 e. The molecule has 0 spiro atoms. The van der Waals surface area contributed by atoms with Crippen LogP contribution in [0.1, 0.15) is 39.4 Å². The lowest BCUT2D eigenvalue weighted by molar-refractivity contribution is -0.137. The number of nitrogens with zero attached hydrogens (tertiary/aromatic N) is 2. The van der Waals surface area contributed by atoms with Crippen molar-refractivity contribution >= 4 is 44.7 Å². The van der Waals surface area contributed by atoms with E-state index < -0.39 is 12.1 Å². The van der Waals surface area contributed by atoms with Crippen molar-refractivity contribution in [1.82, 2.24) is 9.88 Å². The number of amides is 2. The molecule has 5 aromatic rings. The number of nitrogens with one attached hydrogen (secondary N) is 1. The second kappa shape index (κ2) is 11.8. The van der Waals surface area contributed by atoms with E-state index in [0.717, 1.165) is 27.8 Å². The van der Waals surface area contributed by atoms with Gasteiger partial charge in [-0.15, -0.1) is 0 Å². The highest BCUT2D eigenvalue weighted by molar-refractivity contribution is 7.22. The highest BCUT2D eigenvalue weighted by atomic mass is 32.1. The Hall–Kier alpha value is -5.02. The molecular weight excluding hydrogens is 550 g/mol. The lowest BCUT2D eigenvalue weighted by Crippen LogP contribution is -2.32. The van der Waals surface area contributed by atoms with Gasteiger partial charge in [-0.05, 0) is 46.0 Å². The summed E-state index contributed by atoms with van der Waals surface area (Å²) in [6, 6.07) is 30.8. The summed E-state index contributed by atoms with van der Waals surface area (Å²) in [4.78, 5) is 43.4. The van der Waals surface area contributed by atoms with Crippen LogP contribution >= 0.6 is 11.3 Å². The fourth-order valence-electron chi connectivity index (χ4n) is 5.30. The summed E-state index contributed by atoms with van der Waals surface area (Å²) in [5.41, 5.74) is 6.53. The average Bonchev–Trinajstić information content (AvgIpc) is 3.56. The van der Waals surface area contributed by atoms with E-state index in [-0.39, 0.29) is 31.4 Å². The van der Waals surface area contributed by atoms with Crippen LogP contribution in [0, 0.1) is 0 Å². The number of carbonyl (C=O) groups excluding carboxylic acids is 2. The number of aliphatic carboxylic acids is 1. The fourth-order valence-corrected chi connectivity index (χ4v) is 6.19. The highest BCUT2D eigenvalue weighted by Gasteiger charge is 2.29. The number of rotatable bonds is 9. The van der Waals surface area contributed by atoms with Crippen molar-refractivity contribution in [2.45, 2.75) is 18.9 Å². The number of benzene rings is 4. The molecule has 0 saturated carbocycles. The number of thiazole rings is 1. The minimum atomic E-state index is -0.970. The molecule has 2 amide bonds. The van der Waals surface area contributed by atoms with E-state index in [9.17, 15) is 19.5 Å². The van der Waals surface area contributed by atoms with Gasteiger partial charge < -0.3 is 14.7 Å². The summed E-state index contributed by atoms with van der Waals surface area (Å²) in [5, 5.41) is 12.3. The van der Waals surface area contributed by atoms with Crippen molar-refractivity contribution in [1.29, 1.82) is 0 Å². The Morgan fingerprint density at radius 3 is 2.24 bits per heavy atom. The van der Waals surface area contributed by atoms with Crippen LogP contribution in [0.2, 0.25) is 0 Å². The summed E-state index contributed by atoms with van der Waals surface area (Å²) in [5.74, 6) is -1.30. The number of carboxylic acid groups (broad SMARTS) is 1. The topological polar surface area (TPSA) is 109 Å². The van der Waals surface area contributed by atoms with E-state index in [4.69, 9.17) is 4.74 Å². The maximum absolute atomic E-state index is 13.4. The summed E-state index contributed by atoms with van der Waals surface area (Å²) >= 11 is 1.24. The first-order valence-electron chi connectivity index (χ1n) is 13.5. The summed E-state index contributed by atoms with van der Waals surface area (Å²) in [6.07, 6.45) is -0.759. The largest absolute Gasteiger partial charge is 0.481 e. The molecule has 6 rings (SSSR count). The van der Waals surface area contributed by atoms with E-state index in [0.29, 0.717) is 27.5 Å². The Labute approximate surface area is 246 Å². The molecule has 210 valence electrons. The number of anilines is 1. The predicted octanol–water partition coefficient (Wildman–Crippen LogP) is 6.77. The number of ether oxygens (including phenoxy) is 1. The summed E-state index contributed by atoms with van der Waals surface area (Å²) in [7, 11) is 0. The summed E-state index contributed by atoms with van der Waals surface area (Å²) < 4.78 is 6.36. The van der Waals surface area contributed by atoms with Gasteiger partial charge in [-0.3, -0.25) is 14.9 Å². The number of carbonyl (C=O) groups is 3. The summed E-state index contributed by atoms with van der Waals surface area (Å²) in [6.45, 7) is 0.567. The molecule has 0 unspecified atom stereocenters. The van der Waals surface area contributed by atoms with Crippen molar-refractivity contribution in [2.24, 2.45) is 0 Å². The van der Waals surface area contributed by atoms with Crippen LogP contribution in [-0.2, 0) is 16.1 Å². The van der Waals surface area contributed by atoms with Gasteiger partial charge in [-0.2, -0.15) is 0 Å². The molecule has 0 fully saturated rings. The Morgan fingerprint density at radius 1 is 0.881 bits per heavy atom. The highest BCUT2D eigenvalue weighted by Crippen LogP contribution is 2.44. The van der Waals surface area contributed by atoms with Gasteiger partial charge in [0.1, 0.15) is 6.61 Å². The van der Waals surface area contributed by atoms with Crippen LogP contribution in [0.3, 0.4) is 0 Å². The van der Waals surface area contributed by atoms with E-state index >= 15 is 0 Å². The monoisotopic (exact) mass is 577 g/mol. The number of aromatic nitrogens is 1. The number of carboxylic acids is 1.